The van der Waals surface area contributed by atoms with E-state index in [9.17, 15) is 13.6 Å². The molecule has 0 fully saturated rings. The first kappa shape index (κ1) is 14.9. The summed E-state index contributed by atoms with van der Waals surface area (Å²) in [5, 5.41) is 8.60. The van der Waals surface area contributed by atoms with Crippen LogP contribution in [0.5, 0.6) is 5.75 Å². The lowest BCUT2D eigenvalue weighted by Gasteiger charge is -2.04. The first-order valence-electron chi connectivity index (χ1n) is 5.55. The van der Waals surface area contributed by atoms with Crippen LogP contribution in [-0.4, -0.2) is 28.3 Å². The molecule has 0 radical (unpaired) electrons. The zero-order valence-electron chi connectivity index (χ0n) is 10.4. The first-order chi connectivity index (χ1) is 9.54. The highest BCUT2D eigenvalue weighted by molar-refractivity contribution is 8.01. The molecule has 0 aliphatic rings. The number of aromatic nitrogens is 2. The Hall–Kier alpha value is -1.54. The summed E-state index contributed by atoms with van der Waals surface area (Å²) in [7, 11) is 0. The molecule has 0 saturated carbocycles. The summed E-state index contributed by atoms with van der Waals surface area (Å²) in [5.74, 6) is 0.152. The Morgan fingerprint density at radius 1 is 1.35 bits per heavy atom. The summed E-state index contributed by atoms with van der Waals surface area (Å²) < 4.78 is 28.9. The SMILES string of the molecule is Cc1nnc(SCC(=O)c2ccc(OC(F)F)cc2)s1. The van der Waals surface area contributed by atoms with E-state index in [1.807, 2.05) is 6.92 Å². The number of alkyl halides is 2. The maximum Gasteiger partial charge on any atom is 0.387 e. The fraction of sp³-hybridized carbons (Fsp3) is 0.250. The van der Waals surface area contributed by atoms with Crippen molar-refractivity contribution in [1.82, 2.24) is 10.2 Å². The van der Waals surface area contributed by atoms with Crippen LogP contribution in [0.15, 0.2) is 28.6 Å². The number of thioether (sulfide) groups is 1. The van der Waals surface area contributed by atoms with Crippen molar-refractivity contribution < 1.29 is 18.3 Å². The molecular weight excluding hydrogens is 306 g/mol. The molecule has 1 heterocycles. The molecule has 0 saturated heterocycles. The molecule has 0 N–H and O–H groups in total. The number of hydrogen-bond donors (Lipinski definition) is 0. The number of carbonyl (C=O) groups is 1. The van der Waals surface area contributed by atoms with Crippen LogP contribution in [-0.2, 0) is 0 Å². The van der Waals surface area contributed by atoms with Gasteiger partial charge in [0, 0.05) is 5.56 Å². The summed E-state index contributed by atoms with van der Waals surface area (Å²) >= 11 is 2.72. The van der Waals surface area contributed by atoms with Crippen molar-refractivity contribution in [3.8, 4) is 5.75 Å². The number of aryl methyl sites for hydroxylation is 1. The zero-order chi connectivity index (χ0) is 14.5. The molecule has 4 nitrogen and oxygen atoms in total. The lowest BCUT2D eigenvalue weighted by atomic mass is 10.1. The quantitative estimate of drug-likeness (QED) is 0.604. The molecule has 2 rings (SSSR count). The van der Waals surface area contributed by atoms with Gasteiger partial charge in [-0.05, 0) is 31.2 Å². The van der Waals surface area contributed by atoms with Gasteiger partial charge < -0.3 is 4.74 Å². The topological polar surface area (TPSA) is 52.1 Å². The standard InChI is InChI=1S/C12H10F2N2O2S2/c1-7-15-16-12(20-7)19-6-10(17)8-2-4-9(5-3-8)18-11(13)14/h2-5,11H,6H2,1H3. The smallest absolute Gasteiger partial charge is 0.387 e. The van der Waals surface area contributed by atoms with Crippen LogP contribution in [0, 0.1) is 6.92 Å². The number of carbonyl (C=O) groups excluding carboxylic acids is 1. The number of ketones is 1. The Labute approximate surface area is 122 Å². The van der Waals surface area contributed by atoms with E-state index in [1.54, 1.807) is 0 Å². The van der Waals surface area contributed by atoms with Gasteiger partial charge in [0.2, 0.25) is 0 Å². The number of rotatable bonds is 6. The summed E-state index contributed by atoms with van der Waals surface area (Å²) in [6.45, 7) is -1.03. The zero-order valence-corrected chi connectivity index (χ0v) is 12.0. The molecule has 0 bridgehead atoms. The minimum Gasteiger partial charge on any atom is -0.435 e. The number of halogens is 2. The van der Waals surface area contributed by atoms with Crippen molar-refractivity contribution >= 4 is 28.9 Å². The molecule has 0 amide bonds. The minimum atomic E-state index is -2.87. The van der Waals surface area contributed by atoms with Crippen LogP contribution in [0.1, 0.15) is 15.4 Å². The van der Waals surface area contributed by atoms with Crippen LogP contribution in [0.2, 0.25) is 0 Å². The molecule has 20 heavy (non-hydrogen) atoms. The van der Waals surface area contributed by atoms with Crippen LogP contribution < -0.4 is 4.74 Å². The van der Waals surface area contributed by atoms with E-state index in [2.05, 4.69) is 14.9 Å². The number of ether oxygens (including phenoxy) is 1. The molecule has 0 aliphatic heterocycles. The Morgan fingerprint density at radius 3 is 2.60 bits per heavy atom. The van der Waals surface area contributed by atoms with Gasteiger partial charge in [0.05, 0.1) is 5.75 Å². The van der Waals surface area contributed by atoms with E-state index >= 15 is 0 Å². The average molecular weight is 316 g/mol. The average Bonchev–Trinajstić information content (AvgIpc) is 2.82. The predicted octanol–water partition coefficient (Wildman–Crippen LogP) is 3.42. The maximum atomic E-state index is 12.0. The molecule has 1 aromatic heterocycles. The first-order valence-corrected chi connectivity index (χ1v) is 7.36. The molecule has 0 atom stereocenters. The number of nitrogens with zero attached hydrogens (tertiary/aromatic N) is 2. The number of Topliss-reactive ketones (excluding diaryl/α,β-unsaturated/α-hetero) is 1. The Bertz CT molecular complexity index is 587. The van der Waals surface area contributed by atoms with Crippen LogP contribution >= 0.6 is 23.1 Å². The molecule has 0 unspecified atom stereocenters. The van der Waals surface area contributed by atoms with Crippen molar-refractivity contribution in [2.24, 2.45) is 0 Å². The summed E-state index contributed by atoms with van der Waals surface area (Å²) in [6, 6.07) is 5.62. The van der Waals surface area contributed by atoms with Crippen LogP contribution in [0.3, 0.4) is 0 Å². The second kappa shape index (κ2) is 6.76. The van der Waals surface area contributed by atoms with E-state index < -0.39 is 6.61 Å². The lowest BCUT2D eigenvalue weighted by Crippen LogP contribution is -2.04. The van der Waals surface area contributed by atoms with Gasteiger partial charge in [0.25, 0.3) is 0 Å². The van der Waals surface area contributed by atoms with Crippen molar-refractivity contribution in [3.63, 3.8) is 0 Å². The van der Waals surface area contributed by atoms with E-state index in [1.165, 1.54) is 47.4 Å². The molecular formula is C12H10F2N2O2S2. The van der Waals surface area contributed by atoms with Gasteiger partial charge in [0.15, 0.2) is 10.1 Å². The van der Waals surface area contributed by atoms with Crippen molar-refractivity contribution in [2.45, 2.75) is 17.9 Å². The molecule has 0 aliphatic carbocycles. The van der Waals surface area contributed by atoms with Crippen molar-refractivity contribution in [1.29, 1.82) is 0 Å². The van der Waals surface area contributed by atoms with Gasteiger partial charge >= 0.3 is 6.61 Å². The third-order valence-corrected chi connectivity index (χ3v) is 4.21. The van der Waals surface area contributed by atoms with Gasteiger partial charge in [-0.2, -0.15) is 8.78 Å². The molecule has 8 heteroatoms. The minimum absolute atomic E-state index is 0.0314. The molecule has 1 aromatic carbocycles. The third kappa shape index (κ3) is 4.24. The second-order valence-corrected chi connectivity index (χ2v) is 6.11. The maximum absolute atomic E-state index is 12.0. The van der Waals surface area contributed by atoms with Crippen molar-refractivity contribution in [2.75, 3.05) is 5.75 Å². The van der Waals surface area contributed by atoms with E-state index in [0.717, 1.165) is 9.35 Å². The Balaban J connectivity index is 1.92. The molecule has 2 aromatic rings. The molecule has 106 valence electrons. The van der Waals surface area contributed by atoms with Crippen LogP contribution in [0.4, 0.5) is 8.78 Å². The summed E-state index contributed by atoms with van der Waals surface area (Å²) in [5.41, 5.74) is 0.445. The highest BCUT2D eigenvalue weighted by atomic mass is 32.2. The fourth-order valence-corrected chi connectivity index (χ4v) is 3.08. The second-order valence-electron chi connectivity index (χ2n) is 3.70. The fourth-order valence-electron chi connectivity index (χ4n) is 1.37. The monoisotopic (exact) mass is 316 g/mol. The van der Waals surface area contributed by atoms with Gasteiger partial charge in [-0.1, -0.05) is 23.1 Å². The van der Waals surface area contributed by atoms with Crippen molar-refractivity contribution in [3.05, 3.63) is 34.8 Å². The largest absolute Gasteiger partial charge is 0.435 e. The summed E-state index contributed by atoms with van der Waals surface area (Å²) in [4.78, 5) is 11.9. The van der Waals surface area contributed by atoms with E-state index in [-0.39, 0.29) is 17.3 Å². The Kier molecular flexibility index (Phi) is 5.02. The van der Waals surface area contributed by atoms with E-state index in [4.69, 9.17) is 0 Å². The third-order valence-electron chi connectivity index (χ3n) is 2.24. The highest BCUT2D eigenvalue weighted by Gasteiger charge is 2.10. The number of hydrogen-bond acceptors (Lipinski definition) is 6. The summed E-state index contributed by atoms with van der Waals surface area (Å²) in [6.07, 6.45) is 0. The normalized spacial score (nSPS) is 10.8. The number of benzene rings is 1. The Morgan fingerprint density at radius 2 is 2.05 bits per heavy atom. The molecule has 0 spiro atoms. The van der Waals surface area contributed by atoms with Gasteiger partial charge in [-0.15, -0.1) is 10.2 Å². The lowest BCUT2D eigenvalue weighted by molar-refractivity contribution is -0.0498. The predicted molar refractivity (Wildman–Crippen MR) is 72.8 cm³/mol. The van der Waals surface area contributed by atoms with Crippen LogP contribution in [0.25, 0.3) is 0 Å². The van der Waals surface area contributed by atoms with E-state index in [0.29, 0.717) is 5.56 Å². The van der Waals surface area contributed by atoms with Gasteiger partial charge in [0.1, 0.15) is 10.8 Å². The highest BCUT2D eigenvalue weighted by Crippen LogP contribution is 2.23. The van der Waals surface area contributed by atoms with Gasteiger partial charge in [-0.25, -0.2) is 0 Å². The van der Waals surface area contributed by atoms with Gasteiger partial charge in [-0.3, -0.25) is 4.79 Å².